The molecule has 1 amide bonds. The summed E-state index contributed by atoms with van der Waals surface area (Å²) in [5.41, 5.74) is 6.99. The first kappa shape index (κ1) is 7.79. The summed E-state index contributed by atoms with van der Waals surface area (Å²) in [5, 5.41) is 0. The van der Waals surface area contributed by atoms with Crippen LogP contribution in [0.5, 0.6) is 0 Å². The number of aryl methyl sites for hydroxylation is 1. The Kier molecular flexibility index (Phi) is 2.26. The molecule has 0 saturated heterocycles. The normalized spacial score (nSPS) is 9.55. The molecule has 0 aliphatic heterocycles. The van der Waals surface area contributed by atoms with Crippen LogP contribution in [0.25, 0.3) is 0 Å². The molecule has 2 nitrogen and oxygen atoms in total. The third kappa shape index (κ3) is 2.42. The van der Waals surface area contributed by atoms with E-state index >= 15 is 0 Å². The fourth-order valence-corrected chi connectivity index (χ4v) is 0.827. The van der Waals surface area contributed by atoms with Crippen LogP contribution in [-0.2, 0) is 4.79 Å². The van der Waals surface area contributed by atoms with Gasteiger partial charge in [0.15, 0.2) is 0 Å². The van der Waals surface area contributed by atoms with Crippen LogP contribution in [0.4, 0.5) is 0 Å². The van der Waals surface area contributed by atoms with Crippen LogP contribution in [0.15, 0.2) is 24.3 Å². The van der Waals surface area contributed by atoms with Crippen molar-refractivity contribution in [2.24, 2.45) is 5.73 Å². The summed E-state index contributed by atoms with van der Waals surface area (Å²) in [7, 11) is 0. The van der Waals surface area contributed by atoms with Crippen LogP contribution in [0, 0.1) is 13.3 Å². The topological polar surface area (TPSA) is 43.1 Å². The van der Waals surface area contributed by atoms with E-state index in [-0.39, 0.29) is 0 Å². The van der Waals surface area contributed by atoms with Gasteiger partial charge in [-0.25, -0.2) is 0 Å². The van der Waals surface area contributed by atoms with E-state index in [9.17, 15) is 4.79 Å². The Bertz CT molecular complexity index is 251. The molecule has 0 bridgehead atoms. The van der Waals surface area contributed by atoms with Crippen molar-refractivity contribution in [1.29, 1.82) is 0 Å². The molecule has 1 rings (SSSR count). The molecule has 0 fully saturated rings. The quantitative estimate of drug-likeness (QED) is 0.668. The van der Waals surface area contributed by atoms with Crippen molar-refractivity contribution in [3.8, 4) is 0 Å². The van der Waals surface area contributed by atoms with Crippen molar-refractivity contribution in [2.75, 3.05) is 0 Å². The van der Waals surface area contributed by atoms with Gasteiger partial charge in [0.2, 0.25) is 5.91 Å². The van der Waals surface area contributed by atoms with Gasteiger partial charge in [-0.15, -0.1) is 0 Å². The van der Waals surface area contributed by atoms with Crippen molar-refractivity contribution in [2.45, 2.75) is 6.92 Å². The van der Waals surface area contributed by atoms with Gasteiger partial charge in [0, 0.05) is 0 Å². The van der Waals surface area contributed by atoms with E-state index in [0.717, 1.165) is 5.56 Å². The number of hydrogen-bond donors (Lipinski definition) is 1. The number of benzene rings is 1. The minimum atomic E-state index is -0.408. The molecule has 57 valence electrons. The van der Waals surface area contributed by atoms with E-state index in [1.807, 2.05) is 31.2 Å². The van der Waals surface area contributed by atoms with Crippen molar-refractivity contribution >= 4 is 5.91 Å². The smallest absolute Gasteiger partial charge is 0.226 e. The fraction of sp³-hybridized carbons (Fsp3) is 0.111. The first-order chi connectivity index (χ1) is 5.18. The number of amides is 1. The first-order valence-corrected chi connectivity index (χ1v) is 3.39. The standard InChI is InChI=1S/C9H10NO/c1-7-2-4-8(5-3-7)6-9(10)11/h2-6H,1H3,(H2,10,11). The zero-order chi connectivity index (χ0) is 8.27. The van der Waals surface area contributed by atoms with Gasteiger partial charge in [-0.05, 0) is 12.5 Å². The molecule has 0 unspecified atom stereocenters. The molecule has 0 aliphatic carbocycles. The van der Waals surface area contributed by atoms with Crippen LogP contribution in [0.2, 0.25) is 0 Å². The summed E-state index contributed by atoms with van der Waals surface area (Å²) < 4.78 is 0. The molecule has 0 aromatic heterocycles. The molecular formula is C9H10NO. The van der Waals surface area contributed by atoms with E-state index in [0.29, 0.717) is 0 Å². The van der Waals surface area contributed by atoms with E-state index in [1.54, 1.807) is 0 Å². The van der Waals surface area contributed by atoms with Crippen molar-refractivity contribution < 1.29 is 4.79 Å². The summed E-state index contributed by atoms with van der Waals surface area (Å²) >= 11 is 0. The molecule has 0 aliphatic rings. The number of primary amides is 1. The maximum Gasteiger partial charge on any atom is 0.226 e. The Balaban J connectivity index is 2.74. The molecule has 0 atom stereocenters. The van der Waals surface area contributed by atoms with Gasteiger partial charge in [0.1, 0.15) is 0 Å². The Labute approximate surface area is 66.0 Å². The number of carbonyl (C=O) groups excluding carboxylic acids is 1. The summed E-state index contributed by atoms with van der Waals surface area (Å²) in [5.74, 6) is -0.408. The van der Waals surface area contributed by atoms with E-state index in [1.165, 1.54) is 12.0 Å². The number of nitrogens with two attached hydrogens (primary N) is 1. The summed E-state index contributed by atoms with van der Waals surface area (Å²) in [6.07, 6.45) is 1.40. The second-order valence-electron chi connectivity index (χ2n) is 2.46. The summed E-state index contributed by atoms with van der Waals surface area (Å²) in [4.78, 5) is 10.4. The Hall–Kier alpha value is -1.31. The van der Waals surface area contributed by atoms with Gasteiger partial charge < -0.3 is 5.73 Å². The van der Waals surface area contributed by atoms with Crippen LogP contribution >= 0.6 is 0 Å². The lowest BCUT2D eigenvalue weighted by Crippen LogP contribution is -2.11. The predicted molar refractivity (Wildman–Crippen MR) is 43.8 cm³/mol. The number of rotatable bonds is 2. The van der Waals surface area contributed by atoms with Gasteiger partial charge in [-0.1, -0.05) is 29.8 Å². The Morgan fingerprint density at radius 1 is 1.36 bits per heavy atom. The van der Waals surface area contributed by atoms with Crippen LogP contribution in [0.1, 0.15) is 11.1 Å². The average Bonchev–Trinajstić information content (AvgIpc) is 1.93. The highest BCUT2D eigenvalue weighted by Crippen LogP contribution is 2.04. The second kappa shape index (κ2) is 3.19. The second-order valence-corrected chi connectivity index (χ2v) is 2.46. The molecule has 1 radical (unpaired) electrons. The van der Waals surface area contributed by atoms with Crippen LogP contribution in [-0.4, -0.2) is 5.91 Å². The maximum absolute atomic E-state index is 10.4. The molecule has 1 aromatic rings. The molecule has 0 saturated carbocycles. The minimum absolute atomic E-state index is 0.408. The zero-order valence-electron chi connectivity index (χ0n) is 6.37. The van der Waals surface area contributed by atoms with Gasteiger partial charge in [-0.3, -0.25) is 4.79 Å². The monoisotopic (exact) mass is 148 g/mol. The Morgan fingerprint density at radius 2 is 1.91 bits per heavy atom. The third-order valence-corrected chi connectivity index (χ3v) is 1.39. The van der Waals surface area contributed by atoms with Crippen LogP contribution < -0.4 is 5.73 Å². The summed E-state index contributed by atoms with van der Waals surface area (Å²) in [6, 6.07) is 7.60. The molecule has 1 aromatic carbocycles. The van der Waals surface area contributed by atoms with Crippen LogP contribution in [0.3, 0.4) is 0 Å². The predicted octanol–water partition coefficient (Wildman–Crippen LogP) is 1.03. The highest BCUT2D eigenvalue weighted by atomic mass is 16.1. The van der Waals surface area contributed by atoms with Crippen molar-refractivity contribution in [1.82, 2.24) is 0 Å². The lowest BCUT2D eigenvalue weighted by Gasteiger charge is -1.96. The van der Waals surface area contributed by atoms with Gasteiger partial charge in [-0.2, -0.15) is 0 Å². The van der Waals surface area contributed by atoms with Gasteiger partial charge in [0.25, 0.3) is 0 Å². The SMILES string of the molecule is Cc1ccc([CH]C(N)=O)cc1. The fourth-order valence-electron chi connectivity index (χ4n) is 0.827. The molecular weight excluding hydrogens is 138 g/mol. The largest absolute Gasteiger partial charge is 0.369 e. The van der Waals surface area contributed by atoms with E-state index in [2.05, 4.69) is 0 Å². The molecule has 11 heavy (non-hydrogen) atoms. The van der Waals surface area contributed by atoms with E-state index < -0.39 is 5.91 Å². The molecule has 0 heterocycles. The number of hydrogen-bond acceptors (Lipinski definition) is 1. The van der Waals surface area contributed by atoms with Gasteiger partial charge >= 0.3 is 0 Å². The van der Waals surface area contributed by atoms with E-state index in [4.69, 9.17) is 5.73 Å². The van der Waals surface area contributed by atoms with Gasteiger partial charge in [0.05, 0.1) is 6.42 Å². The highest BCUT2D eigenvalue weighted by molar-refractivity contribution is 5.86. The highest BCUT2D eigenvalue weighted by Gasteiger charge is 1.96. The lowest BCUT2D eigenvalue weighted by molar-refractivity contribution is -0.114. The molecule has 2 heteroatoms. The Morgan fingerprint density at radius 3 is 2.36 bits per heavy atom. The third-order valence-electron chi connectivity index (χ3n) is 1.39. The number of carbonyl (C=O) groups is 1. The first-order valence-electron chi connectivity index (χ1n) is 3.39. The lowest BCUT2D eigenvalue weighted by atomic mass is 10.1. The van der Waals surface area contributed by atoms with Crippen molar-refractivity contribution in [3.05, 3.63) is 41.8 Å². The molecule has 2 N–H and O–H groups in total. The molecule has 0 spiro atoms. The average molecular weight is 148 g/mol. The van der Waals surface area contributed by atoms with Crippen molar-refractivity contribution in [3.63, 3.8) is 0 Å². The zero-order valence-corrected chi connectivity index (χ0v) is 6.37. The minimum Gasteiger partial charge on any atom is -0.369 e. The summed E-state index contributed by atoms with van der Waals surface area (Å²) in [6.45, 7) is 1.99. The maximum atomic E-state index is 10.4.